The average Bonchev–Trinajstić information content (AvgIpc) is 2.76. The molecule has 7 nitrogen and oxygen atoms in total. The average molecular weight is 472 g/mol. The number of aryl methyl sites for hydroxylation is 2. The first-order chi connectivity index (χ1) is 15.7. The summed E-state index contributed by atoms with van der Waals surface area (Å²) >= 11 is 0. The van der Waals surface area contributed by atoms with Crippen LogP contribution < -0.4 is 15.1 Å². The van der Waals surface area contributed by atoms with Crippen LogP contribution in [0.1, 0.15) is 50.7 Å². The molecule has 0 aliphatic rings. The fraction of sp³-hybridized carbons (Fsp3) is 0.360. The molecule has 0 saturated carbocycles. The van der Waals surface area contributed by atoms with Gasteiger partial charge in [0.15, 0.2) is 0 Å². The number of hydrogen-bond donors (Lipinski definition) is 1. The summed E-state index contributed by atoms with van der Waals surface area (Å²) in [6, 6.07) is 11.7. The molecule has 3 aromatic rings. The van der Waals surface area contributed by atoms with E-state index in [0.717, 1.165) is 35.8 Å². The van der Waals surface area contributed by atoms with Gasteiger partial charge in [-0.2, -0.15) is 4.72 Å². The quantitative estimate of drug-likeness (QED) is 0.265. The minimum absolute atomic E-state index is 0.0818. The molecule has 0 bridgehead atoms. The Labute approximate surface area is 193 Å². The van der Waals surface area contributed by atoms with Crippen molar-refractivity contribution in [1.29, 1.82) is 0 Å². The van der Waals surface area contributed by atoms with E-state index in [2.05, 4.69) is 4.72 Å². The van der Waals surface area contributed by atoms with Crippen molar-refractivity contribution in [3.05, 3.63) is 70.1 Å². The van der Waals surface area contributed by atoms with Crippen LogP contribution in [-0.4, -0.2) is 20.4 Å². The Morgan fingerprint density at radius 1 is 1.06 bits per heavy atom. The minimum atomic E-state index is -3.91. The molecule has 0 unspecified atom stereocenters. The third kappa shape index (κ3) is 6.30. The highest BCUT2D eigenvalue weighted by Crippen LogP contribution is 2.24. The molecule has 1 N–H and O–H groups in total. The first-order valence-corrected chi connectivity index (χ1v) is 12.6. The van der Waals surface area contributed by atoms with Crippen LogP contribution in [-0.2, 0) is 21.2 Å². The third-order valence-corrected chi connectivity index (χ3v) is 6.79. The van der Waals surface area contributed by atoms with Gasteiger partial charge in [0.1, 0.15) is 17.4 Å². The van der Waals surface area contributed by atoms with Crippen molar-refractivity contribution in [1.82, 2.24) is 4.72 Å². The van der Waals surface area contributed by atoms with E-state index >= 15 is 0 Å². The number of unbranched alkanes of at least 4 members (excludes halogenated alkanes) is 1. The lowest BCUT2D eigenvalue weighted by Gasteiger charge is -2.18. The van der Waals surface area contributed by atoms with E-state index in [-0.39, 0.29) is 10.6 Å². The summed E-state index contributed by atoms with van der Waals surface area (Å²) in [6.07, 6.45) is 3.32. The molecule has 0 aliphatic carbocycles. The van der Waals surface area contributed by atoms with Gasteiger partial charge in [-0.25, -0.2) is 18.0 Å². The molecule has 33 heavy (non-hydrogen) atoms. The number of nitrogens with one attached hydrogen (secondary N) is 1. The number of ether oxygens (including phenoxy) is 1. The number of sulfonamides is 1. The molecular weight excluding hydrogens is 442 g/mol. The van der Waals surface area contributed by atoms with E-state index in [0.29, 0.717) is 18.4 Å². The Kier molecular flexibility index (Phi) is 8.05. The van der Waals surface area contributed by atoms with Crippen LogP contribution in [0.15, 0.2) is 62.6 Å². The van der Waals surface area contributed by atoms with Crippen LogP contribution in [0.4, 0.5) is 0 Å². The highest BCUT2D eigenvalue weighted by Gasteiger charge is 2.27. The van der Waals surface area contributed by atoms with Gasteiger partial charge in [-0.1, -0.05) is 50.8 Å². The molecule has 0 fully saturated rings. The molecule has 1 aromatic heterocycles. The summed E-state index contributed by atoms with van der Waals surface area (Å²) in [5, 5.41) is 0.777. The van der Waals surface area contributed by atoms with Crippen LogP contribution in [0.5, 0.6) is 5.75 Å². The molecular formula is C25H29NO6S. The summed E-state index contributed by atoms with van der Waals surface area (Å²) in [6.45, 7) is 5.84. The zero-order chi connectivity index (χ0) is 24.0. The highest BCUT2D eigenvalue weighted by atomic mass is 32.2. The van der Waals surface area contributed by atoms with Crippen molar-refractivity contribution in [3.8, 4) is 5.75 Å². The van der Waals surface area contributed by atoms with Crippen LogP contribution >= 0.6 is 0 Å². The van der Waals surface area contributed by atoms with E-state index in [1.807, 2.05) is 20.8 Å². The Hall–Kier alpha value is -2.97. The second-order valence-corrected chi connectivity index (χ2v) is 9.76. The number of hydrogen-bond acceptors (Lipinski definition) is 6. The SMILES string of the molecule is CCCC[C@H](NS(=O)(=O)c1ccc(C)cc1)C(=O)Oc1ccc2c(CCC)cc(=O)oc2c1. The summed E-state index contributed by atoms with van der Waals surface area (Å²) in [4.78, 5) is 24.9. The van der Waals surface area contributed by atoms with Crippen molar-refractivity contribution < 1.29 is 22.4 Å². The van der Waals surface area contributed by atoms with Gasteiger partial charge >= 0.3 is 11.6 Å². The maximum atomic E-state index is 12.9. The van der Waals surface area contributed by atoms with Gasteiger partial charge in [0.25, 0.3) is 0 Å². The number of carbonyl (C=O) groups excluding carboxylic acids is 1. The molecule has 0 amide bonds. The summed E-state index contributed by atoms with van der Waals surface area (Å²) in [5.41, 5.74) is 1.65. The molecule has 8 heteroatoms. The predicted molar refractivity (Wildman–Crippen MR) is 127 cm³/mol. The van der Waals surface area contributed by atoms with Gasteiger partial charge in [0.2, 0.25) is 10.0 Å². The maximum Gasteiger partial charge on any atom is 0.336 e. The first-order valence-electron chi connectivity index (χ1n) is 11.1. The lowest BCUT2D eigenvalue weighted by Crippen LogP contribution is -2.42. The van der Waals surface area contributed by atoms with Gasteiger partial charge in [-0.3, -0.25) is 0 Å². The van der Waals surface area contributed by atoms with Crippen molar-refractivity contribution in [2.75, 3.05) is 0 Å². The van der Waals surface area contributed by atoms with E-state index in [1.54, 1.807) is 24.3 Å². The van der Waals surface area contributed by atoms with E-state index in [9.17, 15) is 18.0 Å². The zero-order valence-electron chi connectivity index (χ0n) is 19.1. The molecule has 0 radical (unpaired) electrons. The van der Waals surface area contributed by atoms with Crippen LogP contribution in [0.2, 0.25) is 0 Å². The van der Waals surface area contributed by atoms with Crippen LogP contribution in [0, 0.1) is 6.92 Å². The van der Waals surface area contributed by atoms with Crippen LogP contribution in [0.25, 0.3) is 11.0 Å². The van der Waals surface area contributed by atoms with E-state index < -0.39 is 27.7 Å². The van der Waals surface area contributed by atoms with E-state index in [1.165, 1.54) is 24.3 Å². The number of benzene rings is 2. The number of esters is 1. The smallest absolute Gasteiger partial charge is 0.336 e. The molecule has 1 atom stereocenters. The molecule has 0 aliphatic heterocycles. The summed E-state index contributed by atoms with van der Waals surface area (Å²) in [7, 11) is -3.91. The van der Waals surface area contributed by atoms with Crippen molar-refractivity contribution in [2.45, 2.75) is 63.8 Å². The fourth-order valence-electron chi connectivity index (χ4n) is 3.54. The number of carbonyl (C=O) groups is 1. The van der Waals surface area contributed by atoms with Crippen molar-refractivity contribution >= 4 is 27.0 Å². The monoisotopic (exact) mass is 471 g/mol. The Balaban J connectivity index is 1.84. The predicted octanol–water partition coefficient (Wildman–Crippen LogP) is 4.50. The largest absolute Gasteiger partial charge is 0.425 e. The van der Waals surface area contributed by atoms with Crippen LogP contribution in [0.3, 0.4) is 0 Å². The normalized spacial score (nSPS) is 12.6. The molecule has 0 spiro atoms. The third-order valence-electron chi connectivity index (χ3n) is 5.30. The first kappa shape index (κ1) is 24.7. The Morgan fingerprint density at radius 3 is 2.45 bits per heavy atom. The standard InChI is InChI=1S/C25H29NO6S/c1-4-6-8-22(26-33(29,30)20-12-9-17(3)10-13-20)25(28)31-19-11-14-21-18(7-5-2)15-24(27)32-23(21)16-19/h9-16,22,26H,4-8H2,1-3H3/t22-/m0/s1. The molecule has 0 saturated heterocycles. The molecule has 176 valence electrons. The van der Waals surface area contributed by atoms with Gasteiger partial charge < -0.3 is 9.15 Å². The molecule has 1 heterocycles. The number of fused-ring (bicyclic) bond motifs is 1. The molecule has 3 rings (SSSR count). The topological polar surface area (TPSA) is 103 Å². The fourth-order valence-corrected chi connectivity index (χ4v) is 4.76. The van der Waals surface area contributed by atoms with Crippen molar-refractivity contribution in [2.24, 2.45) is 0 Å². The summed E-state index contributed by atoms with van der Waals surface area (Å²) < 4.78 is 38.9. The Bertz CT molecular complexity index is 1280. The van der Waals surface area contributed by atoms with Gasteiger partial charge in [-0.05, 0) is 49.6 Å². The van der Waals surface area contributed by atoms with Crippen molar-refractivity contribution in [3.63, 3.8) is 0 Å². The zero-order valence-corrected chi connectivity index (χ0v) is 19.9. The van der Waals surface area contributed by atoms with E-state index in [4.69, 9.17) is 9.15 Å². The lowest BCUT2D eigenvalue weighted by molar-refractivity contribution is -0.136. The highest BCUT2D eigenvalue weighted by molar-refractivity contribution is 7.89. The van der Waals surface area contributed by atoms with Gasteiger partial charge in [0, 0.05) is 17.5 Å². The lowest BCUT2D eigenvalue weighted by atomic mass is 10.1. The minimum Gasteiger partial charge on any atom is -0.425 e. The second kappa shape index (κ2) is 10.8. The summed E-state index contributed by atoms with van der Waals surface area (Å²) in [5.74, 6) is -0.536. The van der Waals surface area contributed by atoms with Gasteiger partial charge in [-0.15, -0.1) is 0 Å². The Morgan fingerprint density at radius 2 is 1.79 bits per heavy atom. The second-order valence-electron chi connectivity index (χ2n) is 8.05. The number of rotatable bonds is 10. The maximum absolute atomic E-state index is 12.9. The van der Waals surface area contributed by atoms with Gasteiger partial charge in [0.05, 0.1) is 4.90 Å². The molecule has 2 aromatic carbocycles.